The quantitative estimate of drug-likeness (QED) is 0.135. The fourth-order valence-corrected chi connectivity index (χ4v) is 9.85. The zero-order chi connectivity index (χ0) is 19.2. The van der Waals surface area contributed by atoms with Crippen molar-refractivity contribution in [1.29, 1.82) is 0 Å². The number of alkyl halides is 2. The van der Waals surface area contributed by atoms with Crippen molar-refractivity contribution in [2.45, 2.75) is 43.5 Å². The molecular weight excluding hydrogens is 439 g/mol. The van der Waals surface area contributed by atoms with E-state index in [2.05, 4.69) is 86.0 Å². The maximum absolute atomic E-state index is 3.82. The first kappa shape index (κ1) is 20.1. The van der Waals surface area contributed by atoms with Crippen LogP contribution in [0.1, 0.15) is 46.8 Å². The summed E-state index contributed by atoms with van der Waals surface area (Å²) in [5.41, 5.74) is 4.40. The first-order valence-electron chi connectivity index (χ1n) is 9.92. The summed E-state index contributed by atoms with van der Waals surface area (Å²) in [6.07, 6.45) is 6.69. The van der Waals surface area contributed by atoms with Crippen molar-refractivity contribution in [3.8, 4) is 0 Å². The predicted octanol–water partition coefficient (Wildman–Crippen LogP) is 8.11. The Bertz CT molecular complexity index is 886. The molecule has 0 aliphatic rings. The van der Waals surface area contributed by atoms with Gasteiger partial charge in [0.15, 0.2) is 0 Å². The van der Waals surface area contributed by atoms with Crippen LogP contribution in [0.2, 0.25) is 0 Å². The molecule has 3 aromatic rings. The molecule has 0 spiro atoms. The zero-order valence-electron chi connectivity index (χ0n) is 16.8. The molecular formula is C26H31I. The zero-order valence-corrected chi connectivity index (χ0v) is 19.0. The minimum atomic E-state index is -1.35. The van der Waals surface area contributed by atoms with Gasteiger partial charge in [0.2, 0.25) is 0 Å². The summed E-state index contributed by atoms with van der Waals surface area (Å²) >= 11 is -1.35. The van der Waals surface area contributed by atoms with Crippen molar-refractivity contribution >= 4 is 30.6 Å². The standard InChI is InChI=1S/C26H31I/c1-5-7-8-12-21-16-18-22(19-17-21)24(6-2)27(4)25-15-10-14-23-13-9-11-20(3)26(23)25/h5,9-11,13-19,24H,1,6-8,12H2,2-4H3. The van der Waals surface area contributed by atoms with E-state index in [-0.39, 0.29) is 0 Å². The summed E-state index contributed by atoms with van der Waals surface area (Å²) in [6, 6.07) is 23.1. The average Bonchev–Trinajstić information content (AvgIpc) is 2.69. The van der Waals surface area contributed by atoms with Gasteiger partial charge in [-0.05, 0) is 0 Å². The minimum absolute atomic E-state index is 0.696. The van der Waals surface area contributed by atoms with Gasteiger partial charge in [0.1, 0.15) is 0 Å². The Kier molecular flexibility index (Phi) is 7.12. The van der Waals surface area contributed by atoms with Gasteiger partial charge in [-0.25, -0.2) is 0 Å². The van der Waals surface area contributed by atoms with E-state index in [0.29, 0.717) is 3.92 Å². The Morgan fingerprint density at radius 2 is 1.70 bits per heavy atom. The van der Waals surface area contributed by atoms with E-state index < -0.39 is 19.8 Å². The number of aryl methyl sites for hydroxylation is 2. The molecule has 27 heavy (non-hydrogen) atoms. The van der Waals surface area contributed by atoms with Gasteiger partial charge in [-0.2, -0.15) is 0 Å². The van der Waals surface area contributed by atoms with Crippen molar-refractivity contribution in [2.75, 3.05) is 4.93 Å². The van der Waals surface area contributed by atoms with Crippen LogP contribution in [0.25, 0.3) is 10.8 Å². The molecule has 1 atom stereocenters. The number of halogens is 1. The molecule has 0 saturated carbocycles. The van der Waals surface area contributed by atoms with Gasteiger partial charge in [-0.1, -0.05) is 0 Å². The fraction of sp³-hybridized carbons (Fsp3) is 0.308. The Morgan fingerprint density at radius 1 is 1.00 bits per heavy atom. The van der Waals surface area contributed by atoms with Crippen LogP contribution >= 0.6 is 19.8 Å². The van der Waals surface area contributed by atoms with Crippen molar-refractivity contribution < 1.29 is 0 Å². The number of unbranched alkanes of at least 4 members (excludes halogenated alkanes) is 1. The van der Waals surface area contributed by atoms with E-state index in [1.807, 2.05) is 6.08 Å². The normalized spacial score (nSPS) is 12.8. The van der Waals surface area contributed by atoms with Gasteiger partial charge in [0, 0.05) is 0 Å². The Hall–Kier alpha value is -1.61. The molecule has 142 valence electrons. The molecule has 3 rings (SSSR count). The van der Waals surface area contributed by atoms with Gasteiger partial charge in [-0.15, -0.1) is 0 Å². The second-order valence-corrected chi connectivity index (χ2v) is 12.8. The summed E-state index contributed by atoms with van der Waals surface area (Å²) < 4.78 is 2.33. The SMILES string of the molecule is C=CCCCc1ccc(C(CC)I(C)c2cccc3cccc(C)c23)cc1. The van der Waals surface area contributed by atoms with Crippen molar-refractivity contribution in [3.63, 3.8) is 0 Å². The van der Waals surface area contributed by atoms with Crippen LogP contribution in [0.3, 0.4) is 0 Å². The van der Waals surface area contributed by atoms with Gasteiger partial charge in [0.25, 0.3) is 0 Å². The van der Waals surface area contributed by atoms with Gasteiger partial charge in [-0.3, -0.25) is 0 Å². The summed E-state index contributed by atoms with van der Waals surface area (Å²) in [6.45, 7) is 8.44. The third-order valence-corrected chi connectivity index (χ3v) is 11.9. The van der Waals surface area contributed by atoms with Crippen LogP contribution in [-0.2, 0) is 6.42 Å². The average molecular weight is 470 g/mol. The molecule has 0 bridgehead atoms. The summed E-state index contributed by atoms with van der Waals surface area (Å²) in [4.78, 5) is 2.55. The Balaban J connectivity index is 1.89. The van der Waals surface area contributed by atoms with Crippen LogP contribution in [0.15, 0.2) is 73.3 Å². The molecule has 0 N–H and O–H groups in total. The molecule has 1 heteroatoms. The van der Waals surface area contributed by atoms with Crippen molar-refractivity contribution in [3.05, 3.63) is 93.6 Å². The number of hydrogen-bond acceptors (Lipinski definition) is 0. The molecule has 0 fully saturated rings. The van der Waals surface area contributed by atoms with Crippen LogP contribution in [0.5, 0.6) is 0 Å². The van der Waals surface area contributed by atoms with Gasteiger partial charge < -0.3 is 0 Å². The Morgan fingerprint density at radius 3 is 2.37 bits per heavy atom. The Labute approximate surface area is 172 Å². The summed E-state index contributed by atoms with van der Waals surface area (Å²) in [5.74, 6) is 0. The monoisotopic (exact) mass is 470 g/mol. The van der Waals surface area contributed by atoms with Gasteiger partial charge >= 0.3 is 173 Å². The molecule has 0 aromatic heterocycles. The van der Waals surface area contributed by atoms with Gasteiger partial charge in [0.05, 0.1) is 0 Å². The van der Waals surface area contributed by atoms with Crippen LogP contribution in [-0.4, -0.2) is 4.93 Å². The second-order valence-electron chi connectivity index (χ2n) is 7.23. The molecule has 0 heterocycles. The molecule has 0 nitrogen and oxygen atoms in total. The van der Waals surface area contributed by atoms with Crippen LogP contribution in [0, 0.1) is 10.5 Å². The number of allylic oxidation sites excluding steroid dienone is 1. The summed E-state index contributed by atoms with van der Waals surface area (Å²) in [5, 5.41) is 2.90. The third-order valence-electron chi connectivity index (χ3n) is 5.35. The molecule has 0 amide bonds. The molecule has 0 saturated heterocycles. The topological polar surface area (TPSA) is 0 Å². The third kappa shape index (κ3) is 4.63. The van der Waals surface area contributed by atoms with E-state index in [1.54, 1.807) is 3.57 Å². The molecule has 0 radical (unpaired) electrons. The maximum atomic E-state index is 3.82. The molecule has 0 aliphatic heterocycles. The van der Waals surface area contributed by atoms with Crippen molar-refractivity contribution in [2.24, 2.45) is 0 Å². The molecule has 0 aliphatic carbocycles. The molecule has 3 aromatic carbocycles. The fourth-order valence-electron chi connectivity index (χ4n) is 3.87. The van der Waals surface area contributed by atoms with E-state index in [0.717, 1.165) is 12.8 Å². The number of rotatable bonds is 8. The number of fused-ring (bicyclic) bond motifs is 1. The number of benzene rings is 3. The van der Waals surface area contributed by atoms with E-state index in [1.165, 1.54) is 40.3 Å². The number of hydrogen-bond donors (Lipinski definition) is 0. The van der Waals surface area contributed by atoms with Crippen LogP contribution in [0.4, 0.5) is 0 Å². The molecule has 1 unspecified atom stereocenters. The first-order chi connectivity index (χ1) is 13.2. The predicted molar refractivity (Wildman–Crippen MR) is 130 cm³/mol. The van der Waals surface area contributed by atoms with Crippen molar-refractivity contribution in [1.82, 2.24) is 0 Å². The van der Waals surface area contributed by atoms with E-state index in [9.17, 15) is 0 Å². The van der Waals surface area contributed by atoms with E-state index in [4.69, 9.17) is 0 Å². The first-order valence-corrected chi connectivity index (χ1v) is 14.4. The second kappa shape index (κ2) is 9.54. The summed E-state index contributed by atoms with van der Waals surface area (Å²) in [7, 11) is 0. The van der Waals surface area contributed by atoms with Crippen LogP contribution < -0.4 is 0 Å². The van der Waals surface area contributed by atoms with E-state index >= 15 is 0 Å².